The van der Waals surface area contributed by atoms with Crippen molar-refractivity contribution in [1.82, 2.24) is 0 Å². The van der Waals surface area contributed by atoms with Gasteiger partial charge in [0.05, 0.1) is 0 Å². The molecule has 2 heteroatoms. The summed E-state index contributed by atoms with van der Waals surface area (Å²) >= 11 is 5.92. The average molecular weight is 223 g/mol. The summed E-state index contributed by atoms with van der Waals surface area (Å²) in [6.07, 6.45) is 1.87. The maximum Gasteiger partial charge on any atom is 0.137 e. The topological polar surface area (TPSA) is 13.1 Å². The molecule has 1 aromatic carbocycles. The van der Waals surface area contributed by atoms with Crippen molar-refractivity contribution in [2.45, 2.75) is 32.1 Å². The smallest absolute Gasteiger partial charge is 0.137 e. The highest BCUT2D eigenvalue weighted by Gasteiger charge is 2.06. The van der Waals surface area contributed by atoms with E-state index < -0.39 is 0 Å². The highest BCUT2D eigenvalue weighted by atomic mass is 35.5. The van der Waals surface area contributed by atoms with Gasteiger partial charge < -0.3 is 4.42 Å². The van der Waals surface area contributed by atoms with Crippen LogP contribution in [0.2, 0.25) is 0 Å². The van der Waals surface area contributed by atoms with E-state index in [0.29, 0.717) is 0 Å². The van der Waals surface area contributed by atoms with E-state index in [1.165, 1.54) is 10.9 Å². The van der Waals surface area contributed by atoms with Crippen molar-refractivity contribution in [2.24, 2.45) is 0 Å². The number of fused-ring (bicyclic) bond motifs is 1. The number of alkyl halides is 1. The largest absolute Gasteiger partial charge is 0.461 e. The second kappa shape index (κ2) is 4.28. The van der Waals surface area contributed by atoms with Crippen LogP contribution in [0.5, 0.6) is 0 Å². The molecule has 2 rings (SSSR count). The molecule has 1 heterocycles. The normalized spacial score (nSPS) is 13.3. The lowest BCUT2D eigenvalue weighted by molar-refractivity contribution is 0.536. The number of rotatable bonds is 3. The molecule has 0 N–H and O–H groups in total. The van der Waals surface area contributed by atoms with Crippen molar-refractivity contribution in [1.29, 1.82) is 0 Å². The van der Waals surface area contributed by atoms with Crippen LogP contribution in [0.25, 0.3) is 11.0 Å². The highest BCUT2D eigenvalue weighted by Crippen LogP contribution is 2.23. The summed E-state index contributed by atoms with van der Waals surface area (Å²) < 4.78 is 5.79. The molecular weight excluding hydrogens is 208 g/mol. The van der Waals surface area contributed by atoms with Crippen LogP contribution in [-0.4, -0.2) is 5.38 Å². The van der Waals surface area contributed by atoms with Crippen LogP contribution in [0.4, 0.5) is 0 Å². The molecule has 1 nitrogen and oxygen atoms in total. The standard InChI is InChI=1S/C13H15ClO/c1-9-4-3-5-11-8-12(15-13(9)11)7-6-10(2)14/h3-5,8,10H,6-7H2,1-2H3. The van der Waals surface area contributed by atoms with E-state index in [4.69, 9.17) is 16.0 Å². The summed E-state index contributed by atoms with van der Waals surface area (Å²) in [5, 5.41) is 1.39. The average Bonchev–Trinajstić information content (AvgIpc) is 2.59. The van der Waals surface area contributed by atoms with Gasteiger partial charge in [-0.15, -0.1) is 11.6 Å². The zero-order valence-corrected chi connectivity index (χ0v) is 9.84. The van der Waals surface area contributed by atoms with Crippen molar-refractivity contribution in [3.63, 3.8) is 0 Å². The maximum absolute atomic E-state index is 5.92. The van der Waals surface area contributed by atoms with E-state index in [-0.39, 0.29) is 5.38 Å². The Balaban J connectivity index is 2.27. The summed E-state index contributed by atoms with van der Waals surface area (Å²) in [5.41, 5.74) is 2.20. The van der Waals surface area contributed by atoms with E-state index in [2.05, 4.69) is 31.2 Å². The van der Waals surface area contributed by atoms with Gasteiger partial charge in [-0.25, -0.2) is 0 Å². The van der Waals surface area contributed by atoms with Gasteiger partial charge in [0.2, 0.25) is 0 Å². The molecule has 0 saturated carbocycles. The molecule has 1 aromatic heterocycles. The van der Waals surface area contributed by atoms with Crippen molar-refractivity contribution in [3.8, 4) is 0 Å². The second-order valence-corrected chi connectivity index (χ2v) is 4.77. The Morgan fingerprint density at radius 2 is 2.20 bits per heavy atom. The monoisotopic (exact) mass is 222 g/mol. The minimum atomic E-state index is 0.208. The Hall–Kier alpha value is -0.950. The van der Waals surface area contributed by atoms with Gasteiger partial charge in [-0.05, 0) is 31.9 Å². The predicted octanol–water partition coefficient (Wildman–Crippen LogP) is 4.30. The fraction of sp³-hybridized carbons (Fsp3) is 0.385. The maximum atomic E-state index is 5.92. The fourth-order valence-electron chi connectivity index (χ4n) is 1.73. The first-order valence-corrected chi connectivity index (χ1v) is 5.72. The van der Waals surface area contributed by atoms with Gasteiger partial charge in [-0.3, -0.25) is 0 Å². The minimum absolute atomic E-state index is 0.208. The van der Waals surface area contributed by atoms with Crippen LogP contribution >= 0.6 is 11.6 Å². The van der Waals surface area contributed by atoms with Gasteiger partial charge in [0.15, 0.2) is 0 Å². The molecule has 0 radical (unpaired) electrons. The van der Waals surface area contributed by atoms with Crippen LogP contribution in [0.3, 0.4) is 0 Å². The lowest BCUT2D eigenvalue weighted by Crippen LogP contribution is -1.92. The van der Waals surface area contributed by atoms with E-state index in [9.17, 15) is 0 Å². The lowest BCUT2D eigenvalue weighted by Gasteiger charge is -1.98. The fourth-order valence-corrected chi connectivity index (χ4v) is 1.84. The quantitative estimate of drug-likeness (QED) is 0.706. The second-order valence-electron chi connectivity index (χ2n) is 4.03. The third kappa shape index (κ3) is 2.35. The zero-order valence-electron chi connectivity index (χ0n) is 9.09. The zero-order chi connectivity index (χ0) is 10.8. The van der Waals surface area contributed by atoms with Gasteiger partial charge in [0.25, 0.3) is 0 Å². The SMILES string of the molecule is Cc1cccc2cc(CCC(C)Cl)oc12. The van der Waals surface area contributed by atoms with Gasteiger partial charge in [-0.2, -0.15) is 0 Å². The third-order valence-corrected chi connectivity index (χ3v) is 2.80. The molecule has 0 bridgehead atoms. The van der Waals surface area contributed by atoms with Gasteiger partial charge in [0, 0.05) is 17.2 Å². The number of halogens is 1. The Labute approximate surface area is 95.0 Å². The van der Waals surface area contributed by atoms with E-state index in [1.807, 2.05) is 6.92 Å². The number of hydrogen-bond acceptors (Lipinski definition) is 1. The molecule has 0 aliphatic carbocycles. The number of hydrogen-bond donors (Lipinski definition) is 0. The Bertz CT molecular complexity index is 457. The lowest BCUT2D eigenvalue weighted by atomic mass is 10.1. The molecule has 0 amide bonds. The molecule has 0 spiro atoms. The van der Waals surface area contributed by atoms with Crippen molar-refractivity contribution >= 4 is 22.6 Å². The number of benzene rings is 1. The highest BCUT2D eigenvalue weighted by molar-refractivity contribution is 6.20. The molecule has 0 saturated heterocycles. The Morgan fingerprint density at radius 1 is 1.40 bits per heavy atom. The Kier molecular flexibility index (Phi) is 3.01. The first-order valence-electron chi connectivity index (χ1n) is 5.29. The van der Waals surface area contributed by atoms with E-state index in [1.54, 1.807) is 0 Å². The summed E-state index contributed by atoms with van der Waals surface area (Å²) in [6, 6.07) is 8.32. The summed E-state index contributed by atoms with van der Waals surface area (Å²) in [7, 11) is 0. The minimum Gasteiger partial charge on any atom is -0.461 e. The summed E-state index contributed by atoms with van der Waals surface area (Å²) in [6.45, 7) is 4.08. The van der Waals surface area contributed by atoms with Crippen LogP contribution in [0.15, 0.2) is 28.7 Å². The van der Waals surface area contributed by atoms with Crippen LogP contribution in [0.1, 0.15) is 24.7 Å². The molecule has 1 atom stereocenters. The van der Waals surface area contributed by atoms with Crippen molar-refractivity contribution in [3.05, 3.63) is 35.6 Å². The van der Waals surface area contributed by atoms with Gasteiger partial charge in [0.1, 0.15) is 11.3 Å². The summed E-state index contributed by atoms with van der Waals surface area (Å²) in [5.74, 6) is 1.03. The van der Waals surface area contributed by atoms with Gasteiger partial charge >= 0.3 is 0 Å². The van der Waals surface area contributed by atoms with E-state index >= 15 is 0 Å². The molecule has 0 fully saturated rings. The van der Waals surface area contributed by atoms with Crippen LogP contribution in [0, 0.1) is 6.92 Å². The molecule has 1 unspecified atom stereocenters. The number of aryl methyl sites for hydroxylation is 2. The molecule has 2 aromatic rings. The molecule has 15 heavy (non-hydrogen) atoms. The first kappa shape index (κ1) is 10.6. The Morgan fingerprint density at radius 3 is 2.87 bits per heavy atom. The molecule has 0 aliphatic rings. The molecule has 0 aliphatic heterocycles. The van der Waals surface area contributed by atoms with Crippen LogP contribution in [-0.2, 0) is 6.42 Å². The number of furan rings is 1. The van der Waals surface area contributed by atoms with Crippen molar-refractivity contribution in [2.75, 3.05) is 0 Å². The first-order chi connectivity index (χ1) is 7.16. The van der Waals surface area contributed by atoms with Crippen LogP contribution < -0.4 is 0 Å². The third-order valence-electron chi connectivity index (χ3n) is 2.58. The van der Waals surface area contributed by atoms with Crippen molar-refractivity contribution < 1.29 is 4.42 Å². The van der Waals surface area contributed by atoms with Gasteiger partial charge in [-0.1, -0.05) is 18.2 Å². The molecule has 80 valence electrons. The predicted molar refractivity (Wildman–Crippen MR) is 64.6 cm³/mol. The number of para-hydroxylation sites is 1. The summed E-state index contributed by atoms with van der Waals surface area (Å²) in [4.78, 5) is 0. The molecular formula is C13H15ClO. The van der Waals surface area contributed by atoms with E-state index in [0.717, 1.165) is 24.2 Å².